The molecule has 0 spiro atoms. The lowest BCUT2D eigenvalue weighted by Crippen LogP contribution is -2.20. The zero-order valence-electron chi connectivity index (χ0n) is 20.3. The Hall–Kier alpha value is -4.76. The number of fused-ring (bicyclic) bond motifs is 2. The van der Waals surface area contributed by atoms with E-state index in [1.807, 2.05) is 41.8 Å². The van der Waals surface area contributed by atoms with E-state index in [0.717, 1.165) is 16.7 Å². The highest BCUT2D eigenvalue weighted by Crippen LogP contribution is 2.36. The van der Waals surface area contributed by atoms with Crippen LogP contribution in [-0.4, -0.2) is 21.6 Å². The predicted octanol–water partition coefficient (Wildman–Crippen LogP) is 6.78. The molecule has 1 aliphatic heterocycles. The summed E-state index contributed by atoms with van der Waals surface area (Å²) in [6.45, 7) is 0.508. The van der Waals surface area contributed by atoms with Gasteiger partial charge in [-0.1, -0.05) is 36.4 Å². The van der Waals surface area contributed by atoms with Gasteiger partial charge in [0, 0.05) is 23.6 Å². The molecule has 8 nitrogen and oxygen atoms in total. The maximum Gasteiger partial charge on any atom is 0.312 e. The number of benzene rings is 3. The summed E-state index contributed by atoms with van der Waals surface area (Å²) in [6, 6.07) is 21.4. The van der Waals surface area contributed by atoms with E-state index in [1.165, 1.54) is 17.4 Å². The van der Waals surface area contributed by atoms with Gasteiger partial charge in [-0.05, 0) is 59.5 Å². The van der Waals surface area contributed by atoms with E-state index in [0.29, 0.717) is 46.1 Å². The first kappa shape index (κ1) is 23.6. The second-order valence-corrected chi connectivity index (χ2v) is 9.63. The number of nitro groups is 1. The standard InChI is InChI=1S/C29H21N3O5S/c1-36-21-8-10-22(11-9-21)37-25-12-7-18(16-24(25)32(34)35)15-20-13-14-31-27(20)30-28-26(29(31)33)23(17-38-28)19-5-3-2-4-6-19/h2-12,15-17H,13-14H2,1H3/b20-15-. The Morgan fingerprint density at radius 2 is 1.82 bits per heavy atom. The summed E-state index contributed by atoms with van der Waals surface area (Å²) in [7, 11) is 1.56. The van der Waals surface area contributed by atoms with E-state index in [9.17, 15) is 14.9 Å². The lowest BCUT2D eigenvalue weighted by Gasteiger charge is -2.08. The Bertz CT molecular complexity index is 1770. The topological polar surface area (TPSA) is 96.5 Å². The number of nitro benzene ring substituents is 1. The Balaban J connectivity index is 1.35. The van der Waals surface area contributed by atoms with Gasteiger partial charge >= 0.3 is 5.69 Å². The first-order valence-electron chi connectivity index (χ1n) is 11.9. The Kier molecular flexibility index (Phi) is 5.97. The fourth-order valence-corrected chi connectivity index (χ4v) is 5.55. The molecule has 0 saturated heterocycles. The van der Waals surface area contributed by atoms with Gasteiger partial charge in [-0.15, -0.1) is 11.3 Å². The number of nitrogens with zero attached hydrogens (tertiary/aromatic N) is 3. The number of ether oxygens (including phenoxy) is 2. The molecule has 188 valence electrons. The van der Waals surface area contributed by atoms with Crippen molar-refractivity contribution in [2.24, 2.45) is 0 Å². The fourth-order valence-electron chi connectivity index (χ4n) is 4.61. The van der Waals surface area contributed by atoms with Gasteiger partial charge in [0.2, 0.25) is 5.75 Å². The monoisotopic (exact) mass is 523 g/mol. The van der Waals surface area contributed by atoms with Crippen LogP contribution in [0.3, 0.4) is 0 Å². The first-order valence-corrected chi connectivity index (χ1v) is 12.8. The number of thiophene rings is 1. The van der Waals surface area contributed by atoms with Crippen molar-refractivity contribution in [1.82, 2.24) is 9.55 Å². The Morgan fingerprint density at radius 3 is 2.55 bits per heavy atom. The van der Waals surface area contributed by atoms with Crippen molar-refractivity contribution in [2.75, 3.05) is 7.11 Å². The Morgan fingerprint density at radius 1 is 1.05 bits per heavy atom. The van der Waals surface area contributed by atoms with Crippen LogP contribution >= 0.6 is 11.3 Å². The van der Waals surface area contributed by atoms with Gasteiger partial charge in [-0.3, -0.25) is 19.5 Å². The van der Waals surface area contributed by atoms with Crippen molar-refractivity contribution in [3.05, 3.63) is 110 Å². The van der Waals surface area contributed by atoms with Crippen LogP contribution < -0.4 is 15.0 Å². The van der Waals surface area contributed by atoms with Crippen LogP contribution in [0.15, 0.2) is 83.0 Å². The number of allylic oxidation sites excluding steroid dienone is 1. The fraction of sp³-hybridized carbons (Fsp3) is 0.103. The molecule has 1 aliphatic rings. The SMILES string of the molecule is COc1ccc(Oc2ccc(/C=C3/CCn4c3nc3scc(-c5ccccc5)c3c4=O)cc2[N+](=O)[O-])cc1. The molecule has 0 bridgehead atoms. The van der Waals surface area contributed by atoms with Crippen molar-refractivity contribution >= 4 is 38.9 Å². The van der Waals surface area contributed by atoms with Crippen LogP contribution in [0.5, 0.6) is 17.2 Å². The molecule has 6 rings (SSSR count). The molecule has 0 radical (unpaired) electrons. The van der Waals surface area contributed by atoms with Crippen LogP contribution in [0.4, 0.5) is 5.69 Å². The molecule has 3 heterocycles. The quantitative estimate of drug-likeness (QED) is 0.180. The molecular weight excluding hydrogens is 502 g/mol. The van der Waals surface area contributed by atoms with Gasteiger partial charge < -0.3 is 9.47 Å². The van der Waals surface area contributed by atoms with Crippen molar-refractivity contribution in [2.45, 2.75) is 13.0 Å². The summed E-state index contributed by atoms with van der Waals surface area (Å²) in [5.41, 5.74) is 3.14. The zero-order chi connectivity index (χ0) is 26.2. The lowest BCUT2D eigenvalue weighted by molar-refractivity contribution is -0.385. The van der Waals surface area contributed by atoms with Crippen molar-refractivity contribution in [3.8, 4) is 28.4 Å². The smallest absolute Gasteiger partial charge is 0.312 e. The third kappa shape index (κ3) is 4.22. The number of hydrogen-bond donors (Lipinski definition) is 0. The molecule has 2 aromatic heterocycles. The van der Waals surface area contributed by atoms with Crippen LogP contribution in [0, 0.1) is 10.1 Å². The molecule has 0 saturated carbocycles. The lowest BCUT2D eigenvalue weighted by atomic mass is 10.1. The second kappa shape index (κ2) is 9.60. The highest BCUT2D eigenvalue weighted by Gasteiger charge is 2.24. The van der Waals surface area contributed by atoms with Crippen LogP contribution in [-0.2, 0) is 6.54 Å². The summed E-state index contributed by atoms with van der Waals surface area (Å²) in [5, 5.41) is 14.4. The Labute approximate surface area is 221 Å². The molecule has 0 unspecified atom stereocenters. The van der Waals surface area contributed by atoms with Crippen molar-refractivity contribution in [3.63, 3.8) is 0 Å². The minimum absolute atomic E-state index is 0.0669. The number of methoxy groups -OCH3 is 1. The van der Waals surface area contributed by atoms with Crippen LogP contribution in [0.25, 0.3) is 33.0 Å². The van der Waals surface area contributed by atoms with Crippen molar-refractivity contribution < 1.29 is 14.4 Å². The maximum atomic E-state index is 13.5. The van der Waals surface area contributed by atoms with Gasteiger partial charge in [0.1, 0.15) is 22.2 Å². The molecule has 0 atom stereocenters. The minimum Gasteiger partial charge on any atom is -0.497 e. The average molecular weight is 524 g/mol. The second-order valence-electron chi connectivity index (χ2n) is 8.77. The molecule has 0 fully saturated rings. The normalized spacial score (nSPS) is 13.6. The summed E-state index contributed by atoms with van der Waals surface area (Å²) in [4.78, 5) is 30.3. The van der Waals surface area contributed by atoms with E-state index in [1.54, 1.807) is 48.1 Å². The highest BCUT2D eigenvalue weighted by atomic mass is 32.1. The van der Waals surface area contributed by atoms with Crippen molar-refractivity contribution in [1.29, 1.82) is 0 Å². The van der Waals surface area contributed by atoms with Crippen LogP contribution in [0.1, 0.15) is 17.8 Å². The molecule has 38 heavy (non-hydrogen) atoms. The zero-order valence-corrected chi connectivity index (χ0v) is 21.1. The number of hydrogen-bond acceptors (Lipinski definition) is 7. The van der Waals surface area contributed by atoms with Gasteiger partial charge in [-0.25, -0.2) is 4.98 Å². The largest absolute Gasteiger partial charge is 0.497 e. The molecule has 0 amide bonds. The summed E-state index contributed by atoms with van der Waals surface area (Å²) in [6.07, 6.45) is 2.46. The van der Waals surface area contributed by atoms with Gasteiger partial charge in [0.05, 0.1) is 17.4 Å². The molecule has 0 N–H and O–H groups in total. The van der Waals surface area contributed by atoms with E-state index in [-0.39, 0.29) is 17.0 Å². The van der Waals surface area contributed by atoms with E-state index in [2.05, 4.69) is 0 Å². The summed E-state index contributed by atoms with van der Waals surface area (Å²) >= 11 is 1.44. The molecule has 0 aliphatic carbocycles. The average Bonchev–Trinajstić information content (AvgIpc) is 3.55. The first-order chi connectivity index (χ1) is 18.5. The number of rotatable bonds is 6. The van der Waals surface area contributed by atoms with Crippen LogP contribution in [0.2, 0.25) is 0 Å². The minimum atomic E-state index is -0.466. The third-order valence-electron chi connectivity index (χ3n) is 6.48. The summed E-state index contributed by atoms with van der Waals surface area (Å²) in [5.74, 6) is 1.86. The summed E-state index contributed by atoms with van der Waals surface area (Å²) < 4.78 is 12.6. The molecule has 5 aromatic rings. The number of aromatic nitrogens is 2. The molecule has 9 heteroatoms. The predicted molar refractivity (Wildman–Crippen MR) is 148 cm³/mol. The van der Waals surface area contributed by atoms with E-state index >= 15 is 0 Å². The maximum absolute atomic E-state index is 13.5. The molecular formula is C29H21N3O5S. The van der Waals surface area contributed by atoms with Gasteiger partial charge in [-0.2, -0.15) is 0 Å². The third-order valence-corrected chi connectivity index (χ3v) is 7.35. The van der Waals surface area contributed by atoms with Gasteiger partial charge in [0.25, 0.3) is 5.56 Å². The van der Waals surface area contributed by atoms with E-state index in [4.69, 9.17) is 14.5 Å². The van der Waals surface area contributed by atoms with Gasteiger partial charge in [0.15, 0.2) is 0 Å². The highest BCUT2D eigenvalue weighted by molar-refractivity contribution is 7.17. The molecule has 3 aromatic carbocycles. The van der Waals surface area contributed by atoms with E-state index < -0.39 is 4.92 Å².